The summed E-state index contributed by atoms with van der Waals surface area (Å²) in [6.07, 6.45) is 0.835. The lowest BCUT2D eigenvalue weighted by Gasteiger charge is -2.12. The second-order valence-corrected chi connectivity index (χ2v) is 6.01. The molecule has 2 aromatic carbocycles. The molecule has 3 aromatic rings. The molecule has 0 bridgehead atoms. The smallest absolute Gasteiger partial charge is 0.343 e. The molecule has 7 heteroatoms. The number of hydrogen-bond acceptors (Lipinski definition) is 3. The molecular weight excluding hydrogens is 334 g/mol. The molecule has 1 aromatic heterocycles. The number of nitrogens with one attached hydrogen (secondary N) is 2. The van der Waals surface area contributed by atoms with Crippen molar-refractivity contribution >= 4 is 22.9 Å². The zero-order valence-corrected chi connectivity index (χ0v) is 14.5. The van der Waals surface area contributed by atoms with Gasteiger partial charge in [0.15, 0.2) is 0 Å². The maximum Gasteiger partial charge on any atom is 0.343 e. The maximum absolute atomic E-state index is 12.5. The summed E-state index contributed by atoms with van der Waals surface area (Å²) in [5.74, 6) is -1.17. The molecule has 0 spiro atoms. The lowest BCUT2D eigenvalue weighted by Crippen LogP contribution is -2.35. The molecule has 0 unspecified atom stereocenters. The number of carbonyl (C=O) groups is 2. The lowest BCUT2D eigenvalue weighted by molar-refractivity contribution is 0.0698. The Morgan fingerprint density at radius 2 is 1.92 bits per heavy atom. The van der Waals surface area contributed by atoms with Crippen LogP contribution in [0.1, 0.15) is 34.0 Å². The van der Waals surface area contributed by atoms with Crippen LogP contribution in [0.2, 0.25) is 0 Å². The predicted octanol–water partition coefficient (Wildman–Crippen LogP) is 2.66. The van der Waals surface area contributed by atoms with Gasteiger partial charge in [-0.3, -0.25) is 9.89 Å². The highest BCUT2D eigenvalue weighted by Crippen LogP contribution is 2.15. The first-order valence-electron chi connectivity index (χ1n) is 8.26. The highest BCUT2D eigenvalue weighted by molar-refractivity contribution is 6.02. The van der Waals surface area contributed by atoms with Crippen LogP contribution >= 0.6 is 0 Å². The number of aromatic carboxylic acids is 1. The quantitative estimate of drug-likeness (QED) is 0.671. The molecular formula is C19H19N3O4. The molecule has 1 heterocycles. The van der Waals surface area contributed by atoms with E-state index < -0.39 is 17.6 Å². The summed E-state index contributed by atoms with van der Waals surface area (Å²) < 4.78 is 0.807. The second-order valence-electron chi connectivity index (χ2n) is 6.01. The van der Waals surface area contributed by atoms with Crippen molar-refractivity contribution in [3.63, 3.8) is 0 Å². The van der Waals surface area contributed by atoms with E-state index in [0.29, 0.717) is 0 Å². The lowest BCUT2D eigenvalue weighted by atomic mass is 10.0. The summed E-state index contributed by atoms with van der Waals surface area (Å²) in [6, 6.07) is 9.65. The number of aryl methyl sites for hydroxylation is 2. The number of amides is 1. The molecule has 0 saturated heterocycles. The van der Waals surface area contributed by atoms with Crippen LogP contribution < -0.4 is 10.9 Å². The van der Waals surface area contributed by atoms with E-state index in [0.717, 1.165) is 27.8 Å². The molecule has 0 aliphatic rings. The van der Waals surface area contributed by atoms with Crippen molar-refractivity contribution < 1.29 is 14.7 Å². The third-order valence-electron chi connectivity index (χ3n) is 4.46. The number of hydrogen-bond donors (Lipinski definition) is 3. The van der Waals surface area contributed by atoms with Gasteiger partial charge >= 0.3 is 12.0 Å². The molecule has 26 heavy (non-hydrogen) atoms. The molecule has 3 rings (SSSR count). The zero-order valence-electron chi connectivity index (χ0n) is 14.5. The van der Waals surface area contributed by atoms with Gasteiger partial charge in [-0.25, -0.2) is 9.59 Å². The number of carbonyl (C=O) groups excluding carboxylic acids is 1. The fraction of sp³-hybridized carbons (Fsp3) is 0.211. The van der Waals surface area contributed by atoms with Gasteiger partial charge in [0.25, 0.3) is 5.56 Å². The number of carboxylic acid groups (broad SMARTS) is 1. The van der Waals surface area contributed by atoms with E-state index in [1.165, 1.54) is 18.2 Å². The first kappa shape index (κ1) is 17.5. The fourth-order valence-corrected chi connectivity index (χ4v) is 3.05. The Hall–Kier alpha value is -3.35. The summed E-state index contributed by atoms with van der Waals surface area (Å²) in [4.78, 5) is 36.2. The number of para-hydroxylation sites is 1. The third-order valence-corrected chi connectivity index (χ3v) is 4.46. The Labute approximate surface area is 149 Å². The summed E-state index contributed by atoms with van der Waals surface area (Å²) in [6.45, 7) is 4.28. The second kappa shape index (κ2) is 6.87. The van der Waals surface area contributed by atoms with E-state index in [2.05, 4.69) is 10.4 Å². The average molecular weight is 353 g/mol. The SMILES string of the molecule is CCc1cccc(C)c1CNC(=O)n1[nH]c2c(C(=O)O)cccc2c1=O. The first-order chi connectivity index (χ1) is 12.4. The summed E-state index contributed by atoms with van der Waals surface area (Å²) in [5, 5.41) is 14.7. The fourth-order valence-electron chi connectivity index (χ4n) is 3.05. The molecule has 7 nitrogen and oxygen atoms in total. The van der Waals surface area contributed by atoms with Gasteiger partial charge in [0.05, 0.1) is 16.5 Å². The first-order valence-corrected chi connectivity index (χ1v) is 8.26. The van der Waals surface area contributed by atoms with Gasteiger partial charge in [-0.2, -0.15) is 4.68 Å². The number of carboxylic acids is 1. The highest BCUT2D eigenvalue weighted by atomic mass is 16.4. The third kappa shape index (κ3) is 2.99. The van der Waals surface area contributed by atoms with E-state index in [1.54, 1.807) is 0 Å². The van der Waals surface area contributed by atoms with Crippen molar-refractivity contribution in [2.24, 2.45) is 0 Å². The molecule has 1 amide bonds. The molecule has 0 aliphatic heterocycles. The van der Waals surface area contributed by atoms with Crippen LogP contribution in [-0.4, -0.2) is 26.9 Å². The van der Waals surface area contributed by atoms with Gasteiger partial charge in [-0.1, -0.05) is 31.2 Å². The minimum atomic E-state index is -1.17. The van der Waals surface area contributed by atoms with Crippen LogP contribution in [-0.2, 0) is 13.0 Å². The van der Waals surface area contributed by atoms with Gasteiger partial charge in [-0.05, 0) is 42.2 Å². The standard InChI is InChI=1S/C19H19N3O4/c1-3-12-7-4-6-11(2)15(12)10-20-19(26)22-17(23)13-8-5-9-14(18(24)25)16(13)21-22/h4-9,21H,3,10H2,1-2H3,(H,20,26)(H,24,25). The molecule has 0 aliphatic carbocycles. The number of benzene rings is 2. The van der Waals surface area contributed by atoms with Gasteiger partial charge in [0.1, 0.15) is 0 Å². The van der Waals surface area contributed by atoms with E-state index in [4.69, 9.17) is 0 Å². The van der Waals surface area contributed by atoms with Crippen molar-refractivity contribution in [3.05, 3.63) is 69.0 Å². The topological polar surface area (TPSA) is 104 Å². The monoisotopic (exact) mass is 353 g/mol. The predicted molar refractivity (Wildman–Crippen MR) is 97.7 cm³/mol. The number of rotatable bonds is 4. The van der Waals surface area contributed by atoms with E-state index >= 15 is 0 Å². The van der Waals surface area contributed by atoms with Crippen LogP contribution in [0, 0.1) is 6.92 Å². The summed E-state index contributed by atoms with van der Waals surface area (Å²) >= 11 is 0. The van der Waals surface area contributed by atoms with Crippen molar-refractivity contribution in [2.75, 3.05) is 0 Å². The minimum absolute atomic E-state index is 0.0571. The van der Waals surface area contributed by atoms with Gasteiger partial charge in [0.2, 0.25) is 0 Å². The minimum Gasteiger partial charge on any atom is -0.478 e. The normalized spacial score (nSPS) is 10.8. The Balaban J connectivity index is 1.92. The maximum atomic E-state index is 12.5. The van der Waals surface area contributed by atoms with Crippen LogP contribution in [0.4, 0.5) is 4.79 Å². The number of nitrogens with zero attached hydrogens (tertiary/aromatic N) is 1. The Bertz CT molecular complexity index is 1060. The molecule has 0 saturated carbocycles. The van der Waals surface area contributed by atoms with Crippen molar-refractivity contribution in [3.8, 4) is 0 Å². The number of aromatic nitrogens is 2. The molecule has 0 atom stereocenters. The van der Waals surface area contributed by atoms with E-state index in [9.17, 15) is 19.5 Å². The van der Waals surface area contributed by atoms with Crippen LogP contribution in [0.5, 0.6) is 0 Å². The Morgan fingerprint density at radius 1 is 1.19 bits per heavy atom. The number of aromatic amines is 1. The molecule has 0 radical (unpaired) electrons. The summed E-state index contributed by atoms with van der Waals surface area (Å²) in [7, 11) is 0. The van der Waals surface area contributed by atoms with Crippen LogP contribution in [0.3, 0.4) is 0 Å². The van der Waals surface area contributed by atoms with Crippen molar-refractivity contribution in [2.45, 2.75) is 26.8 Å². The molecule has 0 fully saturated rings. The number of fused-ring (bicyclic) bond motifs is 1. The van der Waals surface area contributed by atoms with Gasteiger partial charge < -0.3 is 10.4 Å². The summed E-state index contributed by atoms with van der Waals surface area (Å²) in [5.41, 5.74) is 2.69. The molecule has 134 valence electrons. The van der Waals surface area contributed by atoms with E-state index in [-0.39, 0.29) is 23.0 Å². The van der Waals surface area contributed by atoms with Crippen molar-refractivity contribution in [1.82, 2.24) is 15.1 Å². The number of H-pyrrole nitrogens is 1. The van der Waals surface area contributed by atoms with Crippen LogP contribution in [0.25, 0.3) is 10.9 Å². The highest BCUT2D eigenvalue weighted by Gasteiger charge is 2.18. The largest absolute Gasteiger partial charge is 0.478 e. The van der Waals surface area contributed by atoms with Gasteiger partial charge in [0, 0.05) is 6.54 Å². The Kier molecular flexibility index (Phi) is 4.62. The average Bonchev–Trinajstić information content (AvgIpc) is 2.97. The van der Waals surface area contributed by atoms with Crippen molar-refractivity contribution in [1.29, 1.82) is 0 Å². The zero-order chi connectivity index (χ0) is 18.8. The van der Waals surface area contributed by atoms with Crippen LogP contribution in [0.15, 0.2) is 41.2 Å². The van der Waals surface area contributed by atoms with E-state index in [1.807, 2.05) is 32.0 Å². The molecule has 3 N–H and O–H groups in total. The Morgan fingerprint density at radius 3 is 2.62 bits per heavy atom. The van der Waals surface area contributed by atoms with Gasteiger partial charge in [-0.15, -0.1) is 0 Å².